The number of hydrogen-bond acceptors (Lipinski definition) is 2. The van der Waals surface area contributed by atoms with Crippen LogP contribution in [0.4, 0.5) is 0 Å². The van der Waals surface area contributed by atoms with E-state index in [-0.39, 0.29) is 0 Å². The molecule has 2 nitrogen and oxygen atoms in total. The Bertz CT molecular complexity index is 710. The Labute approximate surface area is 331 Å². The average Bonchev–Trinajstić information content (AvgIpc) is 3.13. The van der Waals surface area contributed by atoms with E-state index in [1.54, 1.807) is 5.57 Å². The van der Waals surface area contributed by atoms with E-state index in [1.807, 2.05) is 0 Å². The molecule has 0 spiro atoms. The van der Waals surface area contributed by atoms with Gasteiger partial charge in [-0.3, -0.25) is 0 Å². The van der Waals surface area contributed by atoms with Crippen molar-refractivity contribution in [3.8, 4) is 0 Å². The molecule has 52 heavy (non-hydrogen) atoms. The summed E-state index contributed by atoms with van der Waals surface area (Å²) in [5, 5.41) is 0. The first kappa shape index (κ1) is 51.4. The molecule has 0 aromatic heterocycles. The minimum absolute atomic E-state index is 0.792. The number of hydrogen-bond donors (Lipinski definition) is 0. The molecule has 0 bridgehead atoms. The lowest BCUT2D eigenvalue weighted by Crippen LogP contribution is -2.33. The lowest BCUT2D eigenvalue weighted by atomic mass is 9.86. The van der Waals surface area contributed by atoms with Crippen molar-refractivity contribution in [3.63, 3.8) is 0 Å². The van der Waals surface area contributed by atoms with Gasteiger partial charge in [0, 0.05) is 13.1 Å². The molecule has 0 radical (unpaired) electrons. The summed E-state index contributed by atoms with van der Waals surface area (Å²) in [5.74, 6) is 0.792. The van der Waals surface area contributed by atoms with Gasteiger partial charge in [0.15, 0.2) is 0 Å². The summed E-state index contributed by atoms with van der Waals surface area (Å²) in [6.45, 7) is 21.0. The monoisotopic (exact) mass is 729 g/mol. The number of likely N-dealkylation sites (N-methyl/N-ethyl adjacent to an activating group) is 1. The Kier molecular flexibility index (Phi) is 41.1. The summed E-state index contributed by atoms with van der Waals surface area (Å²) in [6.07, 6.45) is 50.2. The molecule has 0 aromatic rings. The molecule has 0 aromatic carbocycles. The van der Waals surface area contributed by atoms with E-state index in [9.17, 15) is 0 Å². The number of rotatable bonds is 44. The quantitative estimate of drug-likeness (QED) is 0.0455. The molecule has 0 aliphatic heterocycles. The number of nitrogens with zero attached hydrogens (tertiary/aromatic N) is 2. The summed E-state index contributed by atoms with van der Waals surface area (Å²) in [7, 11) is 4.45. The molecule has 0 amide bonds. The van der Waals surface area contributed by atoms with Gasteiger partial charge in [-0.25, -0.2) is 0 Å². The van der Waals surface area contributed by atoms with Crippen molar-refractivity contribution >= 4 is 0 Å². The van der Waals surface area contributed by atoms with Gasteiger partial charge in [0.1, 0.15) is 0 Å². The second-order valence-corrected chi connectivity index (χ2v) is 17.5. The Hall–Kier alpha value is -0.600. The van der Waals surface area contributed by atoms with E-state index >= 15 is 0 Å². The second kappa shape index (κ2) is 41.6. The van der Waals surface area contributed by atoms with Crippen molar-refractivity contribution in [2.24, 2.45) is 5.92 Å². The average molecular weight is 729 g/mol. The van der Waals surface area contributed by atoms with E-state index < -0.39 is 0 Å². The van der Waals surface area contributed by atoms with Crippen molar-refractivity contribution in [1.29, 1.82) is 0 Å². The molecule has 0 rings (SSSR count). The van der Waals surface area contributed by atoms with Crippen LogP contribution in [0.5, 0.6) is 0 Å². The highest BCUT2D eigenvalue weighted by Crippen LogP contribution is 2.28. The Morgan fingerprint density at radius 1 is 0.365 bits per heavy atom. The van der Waals surface area contributed by atoms with Crippen molar-refractivity contribution in [1.82, 2.24) is 9.80 Å². The van der Waals surface area contributed by atoms with E-state index in [2.05, 4.69) is 57.8 Å². The van der Waals surface area contributed by atoms with E-state index in [1.165, 1.54) is 263 Å². The lowest BCUT2D eigenvalue weighted by molar-refractivity contribution is 0.231. The van der Waals surface area contributed by atoms with Gasteiger partial charge in [-0.15, -0.1) is 0 Å². The highest BCUT2D eigenvalue weighted by molar-refractivity contribution is 5.00. The maximum Gasteiger partial charge on any atom is 0.0109 e. The fraction of sp³-hybridized carbons (Fsp3) is 0.920. The number of allylic oxidation sites excluding steroid dienone is 2. The van der Waals surface area contributed by atoms with E-state index in [4.69, 9.17) is 0 Å². The van der Waals surface area contributed by atoms with Crippen molar-refractivity contribution in [2.45, 2.75) is 252 Å². The molecule has 0 atom stereocenters. The van der Waals surface area contributed by atoms with Crippen LogP contribution in [0.3, 0.4) is 0 Å². The molecule has 0 saturated carbocycles. The van der Waals surface area contributed by atoms with Gasteiger partial charge in [-0.05, 0) is 97.3 Å². The Balaban J connectivity index is 4.10. The van der Waals surface area contributed by atoms with Crippen molar-refractivity contribution in [2.75, 3.05) is 40.3 Å². The Morgan fingerprint density at radius 2 is 0.692 bits per heavy atom. The molecule has 0 saturated heterocycles. The van der Waals surface area contributed by atoms with Crippen molar-refractivity contribution in [3.05, 3.63) is 24.3 Å². The maximum absolute atomic E-state index is 4.67. The predicted octanol–water partition coefficient (Wildman–Crippen LogP) is 16.7. The number of unbranched alkanes of at least 4 members (excludes halogenated alkanes) is 26. The third-order valence-electron chi connectivity index (χ3n) is 11.9. The zero-order valence-electron chi connectivity index (χ0n) is 37.2. The topological polar surface area (TPSA) is 6.48 Å². The molecule has 0 unspecified atom stereocenters. The molecule has 0 fully saturated rings. The molecule has 310 valence electrons. The third-order valence-corrected chi connectivity index (χ3v) is 11.9. The molecule has 0 aliphatic rings. The van der Waals surface area contributed by atoms with Gasteiger partial charge in [-0.2, -0.15) is 0 Å². The van der Waals surface area contributed by atoms with Gasteiger partial charge in [0.25, 0.3) is 0 Å². The van der Waals surface area contributed by atoms with Crippen LogP contribution in [0.25, 0.3) is 0 Å². The predicted molar refractivity (Wildman–Crippen MR) is 240 cm³/mol. The summed E-state index contributed by atoms with van der Waals surface area (Å²) in [5.41, 5.74) is 3.11. The summed E-state index contributed by atoms with van der Waals surface area (Å²) < 4.78 is 0. The lowest BCUT2D eigenvalue weighted by Gasteiger charge is -2.24. The molecular weight excluding hydrogens is 629 g/mol. The highest BCUT2D eigenvalue weighted by atomic mass is 15.2. The first-order valence-corrected chi connectivity index (χ1v) is 24.2. The largest absolute Gasteiger partial charge is 0.308 e. The fourth-order valence-electron chi connectivity index (χ4n) is 8.04. The van der Waals surface area contributed by atoms with Crippen LogP contribution in [0.1, 0.15) is 252 Å². The zero-order chi connectivity index (χ0) is 38.2. The zero-order valence-corrected chi connectivity index (χ0v) is 37.2. The van der Waals surface area contributed by atoms with Crippen LogP contribution in [0.2, 0.25) is 0 Å². The summed E-state index contributed by atoms with van der Waals surface area (Å²) in [6, 6.07) is 0. The minimum Gasteiger partial charge on any atom is -0.308 e. The Morgan fingerprint density at radius 3 is 1.08 bits per heavy atom. The summed E-state index contributed by atoms with van der Waals surface area (Å²) in [4.78, 5) is 5.12. The molecule has 0 heterocycles. The molecule has 0 N–H and O–H groups in total. The van der Waals surface area contributed by atoms with Crippen LogP contribution in [-0.4, -0.2) is 50.1 Å². The highest BCUT2D eigenvalue weighted by Gasteiger charge is 2.13. The van der Waals surface area contributed by atoms with Gasteiger partial charge < -0.3 is 9.80 Å². The standard InChI is InChI=1S/C50H100N2/c1-8-11-14-17-20-21-25-32-39-48(4)40-33-26-24-31-38-45-52(47-46-51(6)7)44-37-30-23-22-27-34-41-49(5)50(42-35-28-18-15-12-9-2)43-36-29-19-16-13-10-3/h50H,4-5,8-47H2,1-3,6-7H3. The maximum atomic E-state index is 4.67. The van der Waals surface area contributed by atoms with Crippen LogP contribution >= 0.6 is 0 Å². The van der Waals surface area contributed by atoms with E-state index in [0.29, 0.717) is 0 Å². The first-order valence-electron chi connectivity index (χ1n) is 24.2. The summed E-state index contributed by atoms with van der Waals surface area (Å²) >= 11 is 0. The van der Waals surface area contributed by atoms with Gasteiger partial charge >= 0.3 is 0 Å². The normalized spacial score (nSPS) is 11.8. The SMILES string of the molecule is C=C(CCCCCCCCCC)CCCCCCCN(CCCCCCCCC(=C)C(CCCCCCCC)CCCCCCCC)CCN(C)C. The smallest absolute Gasteiger partial charge is 0.0109 e. The first-order chi connectivity index (χ1) is 25.4. The van der Waals surface area contributed by atoms with Crippen molar-refractivity contribution < 1.29 is 0 Å². The van der Waals surface area contributed by atoms with Gasteiger partial charge in [0.05, 0.1) is 0 Å². The van der Waals surface area contributed by atoms with Crippen LogP contribution in [-0.2, 0) is 0 Å². The fourth-order valence-corrected chi connectivity index (χ4v) is 8.04. The molecular formula is C50H100N2. The molecule has 0 aliphatic carbocycles. The van der Waals surface area contributed by atoms with Crippen LogP contribution in [0, 0.1) is 5.92 Å². The van der Waals surface area contributed by atoms with Gasteiger partial charge in [-0.1, -0.05) is 212 Å². The minimum atomic E-state index is 0.792. The second-order valence-electron chi connectivity index (χ2n) is 17.5. The molecule has 2 heteroatoms. The third kappa shape index (κ3) is 37.7. The van der Waals surface area contributed by atoms with Crippen LogP contribution < -0.4 is 0 Å². The van der Waals surface area contributed by atoms with Crippen LogP contribution in [0.15, 0.2) is 24.3 Å². The van der Waals surface area contributed by atoms with Gasteiger partial charge in [0.2, 0.25) is 0 Å². The van der Waals surface area contributed by atoms with E-state index in [0.717, 1.165) is 5.92 Å².